The van der Waals surface area contributed by atoms with E-state index >= 15 is 0 Å². The number of urea groups is 1. The van der Waals surface area contributed by atoms with Gasteiger partial charge in [-0.2, -0.15) is 0 Å². The molecule has 0 unspecified atom stereocenters. The van der Waals surface area contributed by atoms with Gasteiger partial charge in [0, 0.05) is 4.88 Å². The van der Waals surface area contributed by atoms with Crippen molar-refractivity contribution in [3.63, 3.8) is 0 Å². The van der Waals surface area contributed by atoms with Crippen molar-refractivity contribution >= 4 is 34.2 Å². The zero-order valence-electron chi connectivity index (χ0n) is 10.9. The Hall–Kier alpha value is -2.48. The number of thiazole rings is 1. The van der Waals surface area contributed by atoms with Gasteiger partial charge in [-0.3, -0.25) is 5.32 Å². The molecule has 2 aromatic heterocycles. The van der Waals surface area contributed by atoms with Crippen LogP contribution in [0.5, 0.6) is 0 Å². The number of aryl methyl sites for hydroxylation is 2. The van der Waals surface area contributed by atoms with E-state index in [-0.39, 0.29) is 5.69 Å². The summed E-state index contributed by atoms with van der Waals surface area (Å²) >= 11 is 1.49. The molecule has 2 aromatic rings. The standard InChI is InChI=1S/C13H12N4O3S/c18-11(19)9-5-4-7(6-14-9)15-12(20)17-13-16-8-2-1-3-10(8)21-13/h4-6H,1-3H2,(H,18,19)(H2,15,16,17,20). The van der Waals surface area contributed by atoms with Gasteiger partial charge in [0.1, 0.15) is 5.69 Å². The zero-order valence-corrected chi connectivity index (χ0v) is 11.7. The number of carbonyl (C=O) groups is 2. The summed E-state index contributed by atoms with van der Waals surface area (Å²) in [5, 5.41) is 14.6. The third kappa shape index (κ3) is 3.00. The molecular weight excluding hydrogens is 292 g/mol. The fourth-order valence-corrected chi connectivity index (χ4v) is 3.14. The molecule has 7 nitrogen and oxygen atoms in total. The summed E-state index contributed by atoms with van der Waals surface area (Å²) in [6.07, 6.45) is 4.42. The molecule has 8 heteroatoms. The van der Waals surface area contributed by atoms with Crippen molar-refractivity contribution in [2.24, 2.45) is 0 Å². The van der Waals surface area contributed by atoms with Crippen LogP contribution in [-0.4, -0.2) is 27.1 Å². The topological polar surface area (TPSA) is 104 Å². The van der Waals surface area contributed by atoms with Crippen LogP contribution in [0.25, 0.3) is 0 Å². The molecule has 108 valence electrons. The molecule has 2 heterocycles. The highest BCUT2D eigenvalue weighted by Gasteiger charge is 2.17. The van der Waals surface area contributed by atoms with Crippen LogP contribution >= 0.6 is 11.3 Å². The number of hydrogen-bond acceptors (Lipinski definition) is 5. The van der Waals surface area contributed by atoms with Gasteiger partial charge in [-0.1, -0.05) is 0 Å². The number of rotatable bonds is 3. The third-order valence-electron chi connectivity index (χ3n) is 3.06. The lowest BCUT2D eigenvalue weighted by atomic mass is 10.3. The molecule has 21 heavy (non-hydrogen) atoms. The van der Waals surface area contributed by atoms with Crippen molar-refractivity contribution in [3.8, 4) is 0 Å². The lowest BCUT2D eigenvalue weighted by Crippen LogP contribution is -2.19. The molecule has 0 aliphatic heterocycles. The fourth-order valence-electron chi connectivity index (χ4n) is 2.10. The number of carbonyl (C=O) groups excluding carboxylic acids is 1. The minimum absolute atomic E-state index is 0.0719. The minimum atomic E-state index is -1.11. The van der Waals surface area contributed by atoms with Crippen molar-refractivity contribution in [1.82, 2.24) is 9.97 Å². The lowest BCUT2D eigenvalue weighted by Gasteiger charge is -2.05. The summed E-state index contributed by atoms with van der Waals surface area (Å²) in [5.41, 5.74) is 1.42. The van der Waals surface area contributed by atoms with Crippen molar-refractivity contribution in [3.05, 3.63) is 34.6 Å². The van der Waals surface area contributed by atoms with Gasteiger partial charge < -0.3 is 10.4 Å². The number of carboxylic acids is 1. The van der Waals surface area contributed by atoms with Crippen molar-refractivity contribution < 1.29 is 14.7 Å². The maximum atomic E-state index is 11.8. The molecule has 0 atom stereocenters. The number of amides is 2. The fraction of sp³-hybridized carbons (Fsp3) is 0.231. The average Bonchev–Trinajstić information content (AvgIpc) is 3.00. The average molecular weight is 304 g/mol. The summed E-state index contributed by atoms with van der Waals surface area (Å²) in [7, 11) is 0. The van der Waals surface area contributed by atoms with Gasteiger partial charge in [0.05, 0.1) is 17.6 Å². The number of anilines is 2. The van der Waals surface area contributed by atoms with Gasteiger partial charge in [0.15, 0.2) is 5.13 Å². The Bertz CT molecular complexity index is 674. The Morgan fingerprint density at radius 1 is 1.24 bits per heavy atom. The molecule has 1 aliphatic rings. The van der Waals surface area contributed by atoms with E-state index in [1.165, 1.54) is 34.5 Å². The Kier molecular flexibility index (Phi) is 3.53. The van der Waals surface area contributed by atoms with Gasteiger partial charge >= 0.3 is 12.0 Å². The van der Waals surface area contributed by atoms with Crippen molar-refractivity contribution in [2.75, 3.05) is 10.6 Å². The second kappa shape index (κ2) is 5.49. The first-order chi connectivity index (χ1) is 10.1. The first kappa shape index (κ1) is 13.5. The molecule has 3 N–H and O–H groups in total. The smallest absolute Gasteiger partial charge is 0.354 e. The predicted molar refractivity (Wildman–Crippen MR) is 78.0 cm³/mol. The number of carboxylic acid groups (broad SMARTS) is 1. The first-order valence-electron chi connectivity index (χ1n) is 6.38. The summed E-state index contributed by atoms with van der Waals surface area (Å²) < 4.78 is 0. The number of aromatic nitrogens is 2. The maximum Gasteiger partial charge on any atom is 0.354 e. The molecule has 0 aromatic carbocycles. The van der Waals surface area contributed by atoms with Crippen LogP contribution in [0.3, 0.4) is 0 Å². The molecule has 3 rings (SSSR count). The lowest BCUT2D eigenvalue weighted by molar-refractivity contribution is 0.0690. The summed E-state index contributed by atoms with van der Waals surface area (Å²) in [6.45, 7) is 0. The molecule has 0 saturated heterocycles. The monoisotopic (exact) mass is 304 g/mol. The molecule has 0 bridgehead atoms. The van der Waals surface area contributed by atoms with Crippen LogP contribution in [0, 0.1) is 0 Å². The van der Waals surface area contributed by atoms with E-state index in [1.807, 2.05) is 0 Å². The van der Waals surface area contributed by atoms with E-state index in [2.05, 4.69) is 20.6 Å². The number of hydrogen-bond donors (Lipinski definition) is 3. The molecular formula is C13H12N4O3S. The predicted octanol–water partition coefficient (Wildman–Crippen LogP) is 2.37. The minimum Gasteiger partial charge on any atom is -0.477 e. The SMILES string of the molecule is O=C(Nc1ccc(C(=O)O)nc1)Nc1nc2c(s1)CCC2. The van der Waals surface area contributed by atoms with E-state index < -0.39 is 12.0 Å². The normalized spacial score (nSPS) is 12.8. The molecule has 0 radical (unpaired) electrons. The number of aromatic carboxylic acids is 1. The second-order valence-electron chi connectivity index (χ2n) is 4.56. The molecule has 0 fully saturated rings. The zero-order chi connectivity index (χ0) is 14.8. The Labute approximate surface area is 124 Å². The molecule has 2 amide bonds. The van der Waals surface area contributed by atoms with E-state index in [0.717, 1.165) is 25.0 Å². The van der Waals surface area contributed by atoms with E-state index in [4.69, 9.17) is 5.11 Å². The van der Waals surface area contributed by atoms with E-state index in [1.54, 1.807) is 0 Å². The van der Waals surface area contributed by atoms with Gasteiger partial charge in [0.2, 0.25) is 0 Å². The van der Waals surface area contributed by atoms with Gasteiger partial charge in [0.25, 0.3) is 0 Å². The quantitative estimate of drug-likeness (QED) is 0.807. The van der Waals surface area contributed by atoms with Crippen LogP contribution in [0.1, 0.15) is 27.5 Å². The van der Waals surface area contributed by atoms with Crippen molar-refractivity contribution in [2.45, 2.75) is 19.3 Å². The van der Waals surface area contributed by atoms with Crippen molar-refractivity contribution in [1.29, 1.82) is 0 Å². The highest BCUT2D eigenvalue weighted by atomic mass is 32.1. The van der Waals surface area contributed by atoms with Crippen LogP contribution in [-0.2, 0) is 12.8 Å². The molecule has 1 aliphatic carbocycles. The van der Waals surface area contributed by atoms with Gasteiger partial charge in [-0.25, -0.2) is 19.6 Å². The van der Waals surface area contributed by atoms with E-state index in [9.17, 15) is 9.59 Å². The largest absolute Gasteiger partial charge is 0.477 e. The summed E-state index contributed by atoms with van der Waals surface area (Å²) in [5.74, 6) is -1.11. The summed E-state index contributed by atoms with van der Waals surface area (Å²) in [4.78, 5) is 31.8. The number of fused-ring (bicyclic) bond motifs is 1. The number of nitrogens with one attached hydrogen (secondary N) is 2. The number of pyridine rings is 1. The van der Waals surface area contributed by atoms with Crippen LogP contribution in [0.15, 0.2) is 18.3 Å². The van der Waals surface area contributed by atoms with Crippen LogP contribution in [0.4, 0.5) is 15.6 Å². The third-order valence-corrected chi connectivity index (χ3v) is 4.13. The Morgan fingerprint density at radius 2 is 2.10 bits per heavy atom. The van der Waals surface area contributed by atoms with Gasteiger partial charge in [-0.05, 0) is 31.4 Å². The number of nitrogens with zero attached hydrogens (tertiary/aromatic N) is 2. The summed E-state index contributed by atoms with van der Waals surface area (Å²) in [6, 6.07) is 2.39. The first-order valence-corrected chi connectivity index (χ1v) is 7.19. The molecule has 0 spiro atoms. The van der Waals surface area contributed by atoms with Crippen LogP contribution < -0.4 is 10.6 Å². The highest BCUT2D eigenvalue weighted by molar-refractivity contribution is 7.15. The Morgan fingerprint density at radius 3 is 2.76 bits per heavy atom. The Balaban J connectivity index is 1.61. The van der Waals surface area contributed by atoms with Crippen LogP contribution in [0.2, 0.25) is 0 Å². The second-order valence-corrected chi connectivity index (χ2v) is 5.64. The molecule has 0 saturated carbocycles. The van der Waals surface area contributed by atoms with E-state index in [0.29, 0.717) is 10.8 Å². The highest BCUT2D eigenvalue weighted by Crippen LogP contribution is 2.30. The maximum absolute atomic E-state index is 11.8. The van der Waals surface area contributed by atoms with Gasteiger partial charge in [-0.15, -0.1) is 11.3 Å².